The van der Waals surface area contributed by atoms with Crippen LogP contribution >= 0.6 is 0 Å². The molecule has 6 rings (SSSR count). The van der Waals surface area contributed by atoms with E-state index >= 15 is 0 Å². The molecule has 0 N–H and O–H groups in total. The minimum absolute atomic E-state index is 0.186. The van der Waals surface area contributed by atoms with Crippen molar-refractivity contribution in [2.45, 2.75) is 51.6 Å². The lowest BCUT2D eigenvalue weighted by Gasteiger charge is -2.42. The predicted octanol–water partition coefficient (Wildman–Crippen LogP) is 5.77. The zero-order chi connectivity index (χ0) is 25.4. The van der Waals surface area contributed by atoms with E-state index in [9.17, 15) is 0 Å². The van der Waals surface area contributed by atoms with Crippen LogP contribution < -0.4 is 4.90 Å². The second-order valence-electron chi connectivity index (χ2n) is 10.5. The Labute approximate surface area is 219 Å². The van der Waals surface area contributed by atoms with Crippen molar-refractivity contribution in [3.8, 4) is 0 Å². The molecular weight excluding hydrogens is 456 g/mol. The lowest BCUT2D eigenvalue weighted by atomic mass is 9.90. The molecule has 1 aromatic heterocycles. The van der Waals surface area contributed by atoms with Gasteiger partial charge in [-0.3, -0.25) is 15.0 Å². The Morgan fingerprint density at radius 3 is 2.62 bits per heavy atom. The van der Waals surface area contributed by atoms with Crippen LogP contribution in [-0.4, -0.2) is 59.2 Å². The van der Waals surface area contributed by atoms with Gasteiger partial charge in [-0.2, -0.15) is 0 Å². The summed E-state index contributed by atoms with van der Waals surface area (Å²) in [5.41, 5.74) is 9.56. The van der Waals surface area contributed by atoms with Gasteiger partial charge in [0.2, 0.25) is 0 Å². The number of aromatic nitrogens is 1. The number of nitrogens with zero attached hydrogens (tertiary/aromatic N) is 6. The number of fused-ring (bicyclic) bond motifs is 2. The van der Waals surface area contributed by atoms with Crippen LogP contribution in [0.1, 0.15) is 36.9 Å². The van der Waals surface area contributed by atoms with Gasteiger partial charge in [-0.25, -0.2) is 4.99 Å². The molecule has 37 heavy (non-hydrogen) atoms. The van der Waals surface area contributed by atoms with E-state index in [1.54, 1.807) is 0 Å². The molecule has 0 radical (unpaired) electrons. The summed E-state index contributed by atoms with van der Waals surface area (Å²) in [4.78, 5) is 24.9. The molecule has 1 atom stereocenters. The highest BCUT2D eigenvalue weighted by atomic mass is 15.2. The SMILES string of the molecule is Cc1ccc(N2C3=CC(=NC4CCN(C)CC4)C(=Nc4cccnc4C)CC3=NC3=CC=CCC32)cc1. The lowest BCUT2D eigenvalue weighted by molar-refractivity contribution is 0.257. The number of benzene rings is 1. The van der Waals surface area contributed by atoms with Gasteiger partial charge in [0.05, 0.1) is 52.0 Å². The highest BCUT2D eigenvalue weighted by molar-refractivity contribution is 6.53. The van der Waals surface area contributed by atoms with Crippen LogP contribution in [0.3, 0.4) is 0 Å². The Hall–Kier alpha value is -3.64. The van der Waals surface area contributed by atoms with Crippen molar-refractivity contribution in [2.24, 2.45) is 15.0 Å². The summed E-state index contributed by atoms with van der Waals surface area (Å²) in [7, 11) is 2.19. The fourth-order valence-corrected chi connectivity index (χ4v) is 5.51. The monoisotopic (exact) mass is 490 g/mol. The number of hydrogen-bond donors (Lipinski definition) is 0. The first-order valence-corrected chi connectivity index (χ1v) is 13.3. The van der Waals surface area contributed by atoms with Crippen molar-refractivity contribution < 1.29 is 0 Å². The maximum Gasteiger partial charge on any atom is 0.0846 e. The number of aliphatic imine (C=N–C) groups is 3. The van der Waals surface area contributed by atoms with E-state index in [4.69, 9.17) is 15.0 Å². The molecule has 2 aliphatic heterocycles. The molecule has 0 saturated carbocycles. The normalized spacial score (nSPS) is 24.5. The molecule has 2 aromatic rings. The maximum atomic E-state index is 5.33. The van der Waals surface area contributed by atoms with Crippen molar-refractivity contribution >= 4 is 28.5 Å². The van der Waals surface area contributed by atoms with Gasteiger partial charge < -0.3 is 9.80 Å². The van der Waals surface area contributed by atoms with Crippen molar-refractivity contribution in [3.63, 3.8) is 0 Å². The van der Waals surface area contributed by atoms with E-state index in [1.807, 2.05) is 25.3 Å². The third kappa shape index (κ3) is 4.86. The number of aryl methyl sites for hydroxylation is 2. The smallest absolute Gasteiger partial charge is 0.0846 e. The number of piperidine rings is 1. The average molecular weight is 491 g/mol. The summed E-state index contributed by atoms with van der Waals surface area (Å²) < 4.78 is 0. The Bertz CT molecular complexity index is 1370. The Balaban J connectivity index is 1.49. The molecule has 6 nitrogen and oxygen atoms in total. The van der Waals surface area contributed by atoms with Crippen molar-refractivity contribution in [1.82, 2.24) is 9.88 Å². The third-order valence-electron chi connectivity index (χ3n) is 7.70. The van der Waals surface area contributed by atoms with Crippen LogP contribution in [0.2, 0.25) is 0 Å². The topological polar surface area (TPSA) is 56.5 Å². The van der Waals surface area contributed by atoms with Crippen LogP contribution in [0.4, 0.5) is 11.4 Å². The maximum absolute atomic E-state index is 5.33. The lowest BCUT2D eigenvalue weighted by Crippen LogP contribution is -2.45. The van der Waals surface area contributed by atoms with Gasteiger partial charge in [0, 0.05) is 18.3 Å². The van der Waals surface area contributed by atoms with Gasteiger partial charge in [-0.15, -0.1) is 0 Å². The van der Waals surface area contributed by atoms with Gasteiger partial charge in [-0.05, 0) is 89.7 Å². The number of pyridine rings is 1. The van der Waals surface area contributed by atoms with Gasteiger partial charge in [0.1, 0.15) is 0 Å². The average Bonchev–Trinajstić information content (AvgIpc) is 2.91. The van der Waals surface area contributed by atoms with Crippen LogP contribution in [-0.2, 0) is 0 Å². The minimum Gasteiger partial charge on any atom is -0.330 e. The van der Waals surface area contributed by atoms with Crippen molar-refractivity contribution in [1.29, 1.82) is 0 Å². The highest BCUT2D eigenvalue weighted by Gasteiger charge is 2.36. The van der Waals surface area contributed by atoms with E-state index in [-0.39, 0.29) is 6.04 Å². The Morgan fingerprint density at radius 1 is 1.03 bits per heavy atom. The minimum atomic E-state index is 0.186. The Morgan fingerprint density at radius 2 is 1.84 bits per heavy atom. The van der Waals surface area contributed by atoms with Crippen LogP contribution in [0, 0.1) is 13.8 Å². The summed E-state index contributed by atoms with van der Waals surface area (Å²) in [5.74, 6) is 0. The van der Waals surface area contributed by atoms with Gasteiger partial charge in [0.25, 0.3) is 0 Å². The molecule has 3 heterocycles. The third-order valence-corrected chi connectivity index (χ3v) is 7.70. The first kappa shape index (κ1) is 23.7. The largest absolute Gasteiger partial charge is 0.330 e. The number of likely N-dealkylation sites (tertiary alicyclic amines) is 1. The molecule has 0 spiro atoms. The first-order valence-electron chi connectivity index (χ1n) is 13.3. The van der Waals surface area contributed by atoms with Crippen molar-refractivity contribution in [3.05, 3.63) is 89.6 Å². The quantitative estimate of drug-likeness (QED) is 0.549. The summed E-state index contributed by atoms with van der Waals surface area (Å²) in [6.07, 6.45) is 14.3. The fraction of sp³-hybridized carbons (Fsp3) is 0.355. The van der Waals surface area contributed by atoms with Gasteiger partial charge in [0.15, 0.2) is 0 Å². The molecule has 188 valence electrons. The second kappa shape index (κ2) is 10.0. The molecule has 4 aliphatic rings. The Kier molecular flexibility index (Phi) is 6.43. The highest BCUT2D eigenvalue weighted by Crippen LogP contribution is 2.37. The van der Waals surface area contributed by atoms with Crippen LogP contribution in [0.15, 0.2) is 93.3 Å². The molecule has 1 saturated heterocycles. The summed E-state index contributed by atoms with van der Waals surface area (Å²) >= 11 is 0. The first-order chi connectivity index (χ1) is 18.0. The predicted molar refractivity (Wildman–Crippen MR) is 153 cm³/mol. The number of rotatable bonds is 3. The number of anilines is 1. The summed E-state index contributed by atoms with van der Waals surface area (Å²) in [6, 6.07) is 13.3. The molecular formula is C31H34N6. The van der Waals surface area contributed by atoms with E-state index < -0.39 is 0 Å². The fourth-order valence-electron chi connectivity index (χ4n) is 5.51. The molecule has 2 aliphatic carbocycles. The second-order valence-corrected chi connectivity index (χ2v) is 10.5. The standard InChI is InChI=1S/C31H34N6/c1-21-10-12-24(13-11-21)37-30-9-5-4-7-26(30)35-29-19-27(34-25-8-6-16-32-22(25)2)28(20-31(29)37)33-23-14-17-36(3)18-15-23/h4-8,10-13,16,20,23,30H,9,14-15,17-19H2,1-3H3. The molecule has 1 fully saturated rings. The van der Waals surface area contributed by atoms with E-state index in [0.29, 0.717) is 12.5 Å². The summed E-state index contributed by atoms with van der Waals surface area (Å²) in [6.45, 7) is 6.31. The van der Waals surface area contributed by atoms with E-state index in [1.165, 1.54) is 11.3 Å². The molecule has 0 amide bonds. The van der Waals surface area contributed by atoms with Gasteiger partial charge >= 0.3 is 0 Å². The molecule has 1 aromatic carbocycles. The molecule has 6 heteroatoms. The van der Waals surface area contributed by atoms with Gasteiger partial charge in [-0.1, -0.05) is 29.8 Å². The molecule has 1 unspecified atom stereocenters. The zero-order valence-electron chi connectivity index (χ0n) is 21.9. The zero-order valence-corrected chi connectivity index (χ0v) is 21.9. The van der Waals surface area contributed by atoms with Crippen LogP contribution in [0.25, 0.3) is 0 Å². The van der Waals surface area contributed by atoms with Crippen LogP contribution in [0.5, 0.6) is 0 Å². The van der Waals surface area contributed by atoms with E-state index in [0.717, 1.165) is 72.3 Å². The van der Waals surface area contributed by atoms with Crippen molar-refractivity contribution in [2.75, 3.05) is 25.0 Å². The molecule has 0 bridgehead atoms. The summed E-state index contributed by atoms with van der Waals surface area (Å²) in [5, 5.41) is 0. The van der Waals surface area contributed by atoms with E-state index in [2.05, 4.69) is 77.3 Å². The number of allylic oxidation sites excluding steroid dienone is 4. The number of hydrogen-bond acceptors (Lipinski definition) is 6.